The number of nitrogens with zero attached hydrogens (tertiary/aromatic N) is 5. The van der Waals surface area contributed by atoms with Gasteiger partial charge in [-0.3, -0.25) is 5.43 Å². The molecule has 0 aromatic carbocycles. The number of nitrogens with two attached hydrogens (primary N) is 1. The van der Waals surface area contributed by atoms with E-state index in [0.717, 1.165) is 18.9 Å². The van der Waals surface area contributed by atoms with Crippen molar-refractivity contribution < 1.29 is 0 Å². The number of rotatable bonds is 4. The van der Waals surface area contributed by atoms with Crippen LogP contribution >= 0.6 is 0 Å². The van der Waals surface area contributed by atoms with Crippen molar-refractivity contribution in [1.29, 1.82) is 0 Å². The van der Waals surface area contributed by atoms with Crippen LogP contribution in [-0.4, -0.2) is 41.6 Å². The summed E-state index contributed by atoms with van der Waals surface area (Å²) in [6.07, 6.45) is 6.05. The molecule has 1 unspecified atom stereocenters. The van der Waals surface area contributed by atoms with Gasteiger partial charge in [0.25, 0.3) is 0 Å². The first-order chi connectivity index (χ1) is 9.65. The van der Waals surface area contributed by atoms with Crippen molar-refractivity contribution in [1.82, 2.24) is 15.0 Å². The van der Waals surface area contributed by atoms with Gasteiger partial charge in [-0.2, -0.15) is 15.0 Å². The fourth-order valence-corrected chi connectivity index (χ4v) is 2.61. The molecule has 1 aliphatic rings. The summed E-state index contributed by atoms with van der Waals surface area (Å²) in [5.74, 6) is 7.24. The van der Waals surface area contributed by atoms with E-state index in [2.05, 4.69) is 32.2 Å². The van der Waals surface area contributed by atoms with Crippen molar-refractivity contribution >= 4 is 17.8 Å². The molecular weight excluding hydrogens is 254 g/mol. The Hall–Kier alpha value is -1.63. The SMILES string of the molecule is CCC1CCCCCN1c1nc(NN)nc(N(C)C)n1. The van der Waals surface area contributed by atoms with Crippen molar-refractivity contribution in [2.24, 2.45) is 5.84 Å². The second-order valence-corrected chi connectivity index (χ2v) is 5.40. The number of hydrogen-bond acceptors (Lipinski definition) is 7. The summed E-state index contributed by atoms with van der Waals surface area (Å²) >= 11 is 0. The van der Waals surface area contributed by atoms with Crippen molar-refractivity contribution in [2.45, 2.75) is 45.1 Å². The maximum Gasteiger partial charge on any atom is 0.243 e. The quantitative estimate of drug-likeness (QED) is 0.636. The van der Waals surface area contributed by atoms with Gasteiger partial charge in [0.05, 0.1) is 0 Å². The van der Waals surface area contributed by atoms with Gasteiger partial charge in [-0.05, 0) is 19.3 Å². The fourth-order valence-electron chi connectivity index (χ4n) is 2.61. The van der Waals surface area contributed by atoms with Crippen molar-refractivity contribution in [3.05, 3.63) is 0 Å². The molecule has 0 aliphatic carbocycles. The van der Waals surface area contributed by atoms with Gasteiger partial charge in [-0.15, -0.1) is 0 Å². The molecule has 0 bridgehead atoms. The third-order valence-corrected chi connectivity index (χ3v) is 3.75. The highest BCUT2D eigenvalue weighted by Gasteiger charge is 2.23. The molecule has 1 atom stereocenters. The lowest BCUT2D eigenvalue weighted by Gasteiger charge is -2.29. The molecule has 7 nitrogen and oxygen atoms in total. The minimum atomic E-state index is 0.415. The van der Waals surface area contributed by atoms with Gasteiger partial charge in [0.2, 0.25) is 17.8 Å². The van der Waals surface area contributed by atoms with E-state index in [0.29, 0.717) is 17.9 Å². The minimum absolute atomic E-state index is 0.415. The molecule has 2 rings (SSSR count). The third-order valence-electron chi connectivity index (χ3n) is 3.75. The average molecular weight is 279 g/mol. The van der Waals surface area contributed by atoms with Crippen LogP contribution in [0.3, 0.4) is 0 Å². The Balaban J connectivity index is 2.35. The van der Waals surface area contributed by atoms with Gasteiger partial charge in [-0.25, -0.2) is 5.84 Å². The van der Waals surface area contributed by atoms with Crippen LogP contribution in [0, 0.1) is 0 Å². The fraction of sp³-hybridized carbons (Fsp3) is 0.769. The Bertz CT molecular complexity index is 435. The molecule has 1 aromatic heterocycles. The molecule has 1 aromatic rings. The lowest BCUT2D eigenvalue weighted by atomic mass is 10.1. The van der Waals surface area contributed by atoms with Crippen LogP contribution in [0.4, 0.5) is 17.8 Å². The maximum atomic E-state index is 5.48. The maximum absolute atomic E-state index is 5.48. The average Bonchev–Trinajstić information content (AvgIpc) is 2.71. The summed E-state index contributed by atoms with van der Waals surface area (Å²) < 4.78 is 0. The van der Waals surface area contributed by atoms with Gasteiger partial charge >= 0.3 is 0 Å². The van der Waals surface area contributed by atoms with Crippen LogP contribution in [0.2, 0.25) is 0 Å². The first-order valence-electron chi connectivity index (χ1n) is 7.32. The molecule has 1 fully saturated rings. The zero-order chi connectivity index (χ0) is 14.5. The predicted octanol–water partition coefficient (Wildman–Crippen LogP) is 1.38. The Morgan fingerprint density at radius 3 is 2.70 bits per heavy atom. The Labute approximate surface area is 120 Å². The molecule has 7 heteroatoms. The molecule has 0 spiro atoms. The van der Waals surface area contributed by atoms with Crippen molar-refractivity contribution in [3.63, 3.8) is 0 Å². The Morgan fingerprint density at radius 1 is 1.25 bits per heavy atom. The van der Waals surface area contributed by atoms with Crippen LogP contribution in [-0.2, 0) is 0 Å². The molecule has 2 heterocycles. The summed E-state index contributed by atoms with van der Waals surface area (Å²) in [6, 6.07) is 0.500. The summed E-state index contributed by atoms with van der Waals surface area (Å²) in [4.78, 5) is 17.5. The smallest absolute Gasteiger partial charge is 0.243 e. The van der Waals surface area contributed by atoms with Crippen LogP contribution in [0.15, 0.2) is 0 Å². The molecule has 0 saturated carbocycles. The summed E-state index contributed by atoms with van der Waals surface area (Å²) in [5.41, 5.74) is 2.53. The first-order valence-corrected chi connectivity index (χ1v) is 7.32. The first kappa shape index (κ1) is 14.8. The summed E-state index contributed by atoms with van der Waals surface area (Å²) in [6.45, 7) is 3.22. The van der Waals surface area contributed by atoms with Crippen LogP contribution in [0.25, 0.3) is 0 Å². The predicted molar refractivity (Wildman–Crippen MR) is 81.9 cm³/mol. The topological polar surface area (TPSA) is 83.2 Å². The van der Waals surface area contributed by atoms with Crippen LogP contribution in [0.1, 0.15) is 39.0 Å². The van der Waals surface area contributed by atoms with Crippen molar-refractivity contribution in [2.75, 3.05) is 35.9 Å². The molecule has 1 saturated heterocycles. The second kappa shape index (κ2) is 6.69. The van der Waals surface area contributed by atoms with E-state index >= 15 is 0 Å². The molecule has 3 N–H and O–H groups in total. The monoisotopic (exact) mass is 279 g/mol. The number of anilines is 3. The number of hydrogen-bond donors (Lipinski definition) is 2. The molecule has 0 amide bonds. The minimum Gasteiger partial charge on any atom is -0.347 e. The molecule has 20 heavy (non-hydrogen) atoms. The van der Waals surface area contributed by atoms with E-state index in [1.54, 1.807) is 0 Å². The molecule has 0 radical (unpaired) electrons. The van der Waals surface area contributed by atoms with Crippen LogP contribution < -0.4 is 21.1 Å². The second-order valence-electron chi connectivity index (χ2n) is 5.40. The highest BCUT2D eigenvalue weighted by molar-refractivity contribution is 5.44. The number of nitrogen functional groups attached to an aromatic ring is 1. The number of hydrazine groups is 1. The number of nitrogens with one attached hydrogen (secondary N) is 1. The molecular formula is C13H25N7. The standard InChI is InChI=1S/C13H25N7/c1-4-10-8-6-5-7-9-20(10)13-16-11(18-14)15-12(17-13)19(2)3/h10H,4-9,14H2,1-3H3,(H,15,16,17,18). The number of aromatic nitrogens is 3. The Morgan fingerprint density at radius 2 is 2.05 bits per heavy atom. The van der Waals surface area contributed by atoms with E-state index in [1.807, 2.05) is 19.0 Å². The van der Waals surface area contributed by atoms with Gasteiger partial charge in [-0.1, -0.05) is 19.8 Å². The summed E-state index contributed by atoms with van der Waals surface area (Å²) in [7, 11) is 3.83. The zero-order valence-corrected chi connectivity index (χ0v) is 12.6. The van der Waals surface area contributed by atoms with E-state index in [9.17, 15) is 0 Å². The Kier molecular flexibility index (Phi) is 4.94. The summed E-state index contributed by atoms with van der Waals surface area (Å²) in [5, 5.41) is 0. The molecule has 1 aliphatic heterocycles. The van der Waals surface area contributed by atoms with Crippen molar-refractivity contribution in [3.8, 4) is 0 Å². The lowest BCUT2D eigenvalue weighted by molar-refractivity contribution is 0.547. The van der Waals surface area contributed by atoms with E-state index in [-0.39, 0.29) is 0 Å². The largest absolute Gasteiger partial charge is 0.347 e. The third kappa shape index (κ3) is 3.27. The molecule has 112 valence electrons. The van der Waals surface area contributed by atoms with Gasteiger partial charge in [0, 0.05) is 26.7 Å². The van der Waals surface area contributed by atoms with Gasteiger partial charge in [0.1, 0.15) is 0 Å². The van der Waals surface area contributed by atoms with Gasteiger partial charge in [0.15, 0.2) is 0 Å². The lowest BCUT2D eigenvalue weighted by Crippen LogP contribution is -2.36. The highest BCUT2D eigenvalue weighted by Crippen LogP contribution is 2.24. The van der Waals surface area contributed by atoms with E-state index < -0.39 is 0 Å². The zero-order valence-electron chi connectivity index (χ0n) is 12.6. The van der Waals surface area contributed by atoms with Gasteiger partial charge < -0.3 is 9.80 Å². The normalized spacial score (nSPS) is 19.6. The van der Waals surface area contributed by atoms with E-state index in [4.69, 9.17) is 5.84 Å². The highest BCUT2D eigenvalue weighted by atomic mass is 15.4. The van der Waals surface area contributed by atoms with Crippen LogP contribution in [0.5, 0.6) is 0 Å². The van der Waals surface area contributed by atoms with E-state index in [1.165, 1.54) is 25.7 Å².